The number of hydrogen-bond acceptors (Lipinski definition) is 3. The number of rotatable bonds is 3. The fourth-order valence-corrected chi connectivity index (χ4v) is 2.61. The largest absolute Gasteiger partial charge is 0.497 e. The molecule has 1 nitrogen and oxygen atoms in total. The molecule has 66 valence electrons. The molecule has 0 aliphatic carbocycles. The topological polar surface area (TPSA) is 9.23 Å². The molecule has 0 saturated heterocycles. The molecule has 0 fully saturated rings. The van der Waals surface area contributed by atoms with Gasteiger partial charge in [-0.15, -0.1) is 0 Å². The first-order chi connectivity index (χ1) is 5.80. The van der Waals surface area contributed by atoms with Crippen molar-refractivity contribution in [1.29, 1.82) is 0 Å². The van der Waals surface area contributed by atoms with Crippen molar-refractivity contribution >= 4 is 50.0 Å². The molecule has 0 N–H and O–H groups in total. The molecule has 0 aliphatic heterocycles. The first kappa shape index (κ1) is 10.8. The molecule has 0 aromatic heterocycles. The van der Waals surface area contributed by atoms with Crippen LogP contribution in [0.25, 0.3) is 0 Å². The van der Waals surface area contributed by atoms with Gasteiger partial charge in [0.1, 0.15) is 5.75 Å². The van der Waals surface area contributed by atoms with E-state index in [4.69, 9.17) is 4.74 Å². The molecule has 1 rings (SSSR count). The molecule has 0 spiro atoms. The van der Waals surface area contributed by atoms with Gasteiger partial charge in [-0.2, -0.15) is 0 Å². The highest BCUT2D eigenvalue weighted by atomic mass is 79.9. The van der Waals surface area contributed by atoms with Gasteiger partial charge in [0.05, 0.1) is 7.11 Å². The van der Waals surface area contributed by atoms with Gasteiger partial charge in [-0.3, -0.25) is 0 Å². The van der Waals surface area contributed by atoms with Gasteiger partial charge in [-0.25, -0.2) is 0 Å². The number of hydrogen-bond donors (Lipinski definition) is 0. The van der Waals surface area contributed by atoms with Crippen LogP contribution in [0.5, 0.6) is 5.75 Å². The van der Waals surface area contributed by atoms with E-state index in [1.807, 2.05) is 12.1 Å². The summed E-state index contributed by atoms with van der Waals surface area (Å²) in [5.41, 5.74) is 0. The Kier molecular flexibility index (Phi) is 4.86. The highest BCUT2D eigenvalue weighted by molar-refractivity contribution is 9.50. The van der Waals surface area contributed by atoms with E-state index in [1.165, 1.54) is 20.4 Å². The van der Waals surface area contributed by atoms with E-state index in [0.717, 1.165) is 15.5 Å². The molecule has 0 unspecified atom stereocenters. The molecule has 0 aliphatic rings. The average molecular weight is 330 g/mol. The van der Waals surface area contributed by atoms with Crippen molar-refractivity contribution in [3.8, 4) is 5.75 Å². The quantitative estimate of drug-likeness (QED) is 0.808. The van der Waals surface area contributed by atoms with Crippen LogP contribution in [0, 0.1) is 0 Å². The van der Waals surface area contributed by atoms with Crippen molar-refractivity contribution in [2.24, 2.45) is 0 Å². The molecule has 0 atom stereocenters. The Morgan fingerprint density at radius 3 is 1.92 bits per heavy atom. The van der Waals surface area contributed by atoms with Crippen molar-refractivity contribution in [2.45, 2.75) is 9.79 Å². The van der Waals surface area contributed by atoms with E-state index in [0.29, 0.717) is 0 Å². The van der Waals surface area contributed by atoms with E-state index < -0.39 is 0 Å². The van der Waals surface area contributed by atoms with E-state index in [2.05, 4.69) is 35.7 Å². The van der Waals surface area contributed by atoms with Crippen molar-refractivity contribution in [3.05, 3.63) is 18.2 Å². The standard InChI is InChI=1S/C7H6Br2OS2/c1-10-5-2-6(11-8)4-7(3-5)12-9/h2-4H,1H3. The van der Waals surface area contributed by atoms with Gasteiger partial charge in [0.2, 0.25) is 0 Å². The Morgan fingerprint density at radius 2 is 1.58 bits per heavy atom. The summed E-state index contributed by atoms with van der Waals surface area (Å²) >= 11 is 6.64. The van der Waals surface area contributed by atoms with Crippen molar-refractivity contribution in [2.75, 3.05) is 7.11 Å². The Balaban J connectivity index is 3.01. The predicted molar refractivity (Wildman–Crippen MR) is 62.6 cm³/mol. The lowest BCUT2D eigenvalue weighted by Crippen LogP contribution is -1.82. The van der Waals surface area contributed by atoms with Crippen LogP contribution in [-0.4, -0.2) is 7.11 Å². The number of halogens is 2. The number of methoxy groups -OCH3 is 1. The molecule has 1 aromatic carbocycles. The minimum atomic E-state index is 0.876. The summed E-state index contributed by atoms with van der Waals surface area (Å²) < 4.78 is 5.13. The molecule has 0 radical (unpaired) electrons. The fraction of sp³-hybridized carbons (Fsp3) is 0.143. The van der Waals surface area contributed by atoms with E-state index in [1.54, 1.807) is 7.11 Å². The van der Waals surface area contributed by atoms with Crippen LogP contribution in [0.15, 0.2) is 28.0 Å². The summed E-state index contributed by atoms with van der Waals surface area (Å²) in [6, 6.07) is 6.03. The lowest BCUT2D eigenvalue weighted by atomic mass is 10.3. The zero-order chi connectivity index (χ0) is 8.97. The van der Waals surface area contributed by atoms with Gasteiger partial charge in [0.25, 0.3) is 0 Å². The molecule has 0 saturated carbocycles. The van der Waals surface area contributed by atoms with E-state index >= 15 is 0 Å². The second-order valence-electron chi connectivity index (χ2n) is 2.00. The second-order valence-corrected chi connectivity index (χ2v) is 5.19. The Bertz CT molecular complexity index is 212. The Morgan fingerprint density at radius 1 is 1.08 bits per heavy atom. The van der Waals surface area contributed by atoms with Gasteiger partial charge in [0, 0.05) is 9.79 Å². The first-order valence-electron chi connectivity index (χ1n) is 3.06. The van der Waals surface area contributed by atoms with Crippen molar-refractivity contribution < 1.29 is 4.74 Å². The molecule has 0 bridgehead atoms. The Hall–Kier alpha value is 0.680. The van der Waals surface area contributed by atoms with Gasteiger partial charge < -0.3 is 4.74 Å². The minimum absolute atomic E-state index is 0.876. The van der Waals surface area contributed by atoms with Crippen LogP contribution in [0.4, 0.5) is 0 Å². The number of ether oxygens (including phenoxy) is 1. The molecule has 0 heterocycles. The van der Waals surface area contributed by atoms with Gasteiger partial charge in [0.15, 0.2) is 0 Å². The molecule has 1 aromatic rings. The average Bonchev–Trinajstić information content (AvgIpc) is 2.16. The fourth-order valence-electron chi connectivity index (χ4n) is 0.753. The van der Waals surface area contributed by atoms with Crippen LogP contribution >= 0.6 is 50.0 Å². The highest BCUT2D eigenvalue weighted by Gasteiger charge is 2.00. The predicted octanol–water partition coefficient (Wildman–Crippen LogP) is 4.50. The summed E-state index contributed by atoms with van der Waals surface area (Å²) in [6.45, 7) is 0. The first-order valence-corrected chi connectivity index (χ1v) is 8.38. The third kappa shape index (κ3) is 2.87. The van der Waals surface area contributed by atoms with E-state index in [-0.39, 0.29) is 0 Å². The van der Waals surface area contributed by atoms with Crippen LogP contribution in [0.1, 0.15) is 0 Å². The summed E-state index contributed by atoms with van der Waals surface area (Å²) in [5, 5.41) is 0. The zero-order valence-electron chi connectivity index (χ0n) is 6.21. The van der Waals surface area contributed by atoms with Crippen LogP contribution in [0.3, 0.4) is 0 Å². The molecule has 12 heavy (non-hydrogen) atoms. The SMILES string of the molecule is COc1cc(SBr)cc(SBr)c1. The van der Waals surface area contributed by atoms with Crippen molar-refractivity contribution in [3.63, 3.8) is 0 Å². The monoisotopic (exact) mass is 328 g/mol. The van der Waals surface area contributed by atoms with Crippen LogP contribution < -0.4 is 4.74 Å². The summed E-state index contributed by atoms with van der Waals surface area (Å²) in [6.07, 6.45) is 0. The highest BCUT2D eigenvalue weighted by Crippen LogP contribution is 2.34. The second kappa shape index (κ2) is 5.42. The summed E-state index contributed by atoms with van der Waals surface area (Å²) in [5.74, 6) is 0.876. The minimum Gasteiger partial charge on any atom is -0.497 e. The van der Waals surface area contributed by atoms with E-state index in [9.17, 15) is 0 Å². The summed E-state index contributed by atoms with van der Waals surface area (Å²) in [4.78, 5) is 2.27. The molecular formula is C7H6Br2OS2. The maximum absolute atomic E-state index is 5.13. The smallest absolute Gasteiger partial charge is 0.121 e. The number of benzene rings is 1. The van der Waals surface area contributed by atoms with Crippen LogP contribution in [0.2, 0.25) is 0 Å². The van der Waals surface area contributed by atoms with Gasteiger partial charge >= 0.3 is 0 Å². The van der Waals surface area contributed by atoms with Gasteiger partial charge in [-0.1, -0.05) is 0 Å². The maximum atomic E-state index is 5.13. The normalized spacial score (nSPS) is 9.92. The summed E-state index contributed by atoms with van der Waals surface area (Å²) in [7, 11) is 4.72. The molecule has 5 heteroatoms. The molecular weight excluding hydrogens is 324 g/mol. The Labute approximate surface area is 95.0 Å². The van der Waals surface area contributed by atoms with Crippen molar-refractivity contribution in [1.82, 2.24) is 0 Å². The van der Waals surface area contributed by atoms with Gasteiger partial charge in [-0.05, 0) is 68.2 Å². The lowest BCUT2D eigenvalue weighted by molar-refractivity contribution is 0.412. The zero-order valence-corrected chi connectivity index (χ0v) is 11.0. The lowest BCUT2D eigenvalue weighted by Gasteiger charge is -2.03. The maximum Gasteiger partial charge on any atom is 0.121 e. The third-order valence-electron chi connectivity index (χ3n) is 1.27. The third-order valence-corrected chi connectivity index (χ3v) is 4.34. The van der Waals surface area contributed by atoms with Crippen LogP contribution in [-0.2, 0) is 0 Å². The molecule has 0 amide bonds.